The average molecular weight is 336 g/mol. The third-order valence-electron chi connectivity index (χ3n) is 3.90. The van der Waals surface area contributed by atoms with Crippen LogP contribution in [-0.4, -0.2) is 34.5 Å². The smallest absolute Gasteiger partial charge is 0.324 e. The molecule has 7 nitrogen and oxygen atoms in total. The summed E-state index contributed by atoms with van der Waals surface area (Å²) in [4.78, 5) is 25.3. The molecule has 126 valence electrons. The third-order valence-corrected chi connectivity index (χ3v) is 3.90. The highest BCUT2D eigenvalue weighted by Gasteiger charge is 2.47. The molecule has 2 unspecified atom stereocenters. The van der Waals surface area contributed by atoms with Gasteiger partial charge in [0, 0.05) is 11.4 Å². The molecule has 0 spiro atoms. The molecule has 25 heavy (non-hydrogen) atoms. The van der Waals surface area contributed by atoms with Crippen molar-refractivity contribution in [2.24, 2.45) is 0 Å². The molecular formula is C18H16N4O3. The molecule has 0 saturated carbocycles. The van der Waals surface area contributed by atoms with Crippen LogP contribution < -0.4 is 10.6 Å². The van der Waals surface area contributed by atoms with Crippen LogP contribution in [0.4, 0.5) is 21.0 Å². The monoisotopic (exact) mass is 336 g/mol. The molecular weight excluding hydrogens is 320 g/mol. The Kier molecular flexibility index (Phi) is 3.83. The summed E-state index contributed by atoms with van der Waals surface area (Å²) in [6, 6.07) is 17.2. The Morgan fingerprint density at radius 2 is 1.12 bits per heavy atom. The Hall–Kier alpha value is -3.32. The van der Waals surface area contributed by atoms with Crippen LogP contribution in [-0.2, 0) is 4.74 Å². The molecule has 0 aliphatic carbocycles. The van der Waals surface area contributed by atoms with Gasteiger partial charge >= 0.3 is 12.1 Å². The molecule has 0 aromatic heterocycles. The molecule has 4 amide bonds. The molecule has 1 fully saturated rings. The number of ether oxygens (including phenoxy) is 1. The normalized spacial score (nSPS) is 20.6. The maximum atomic E-state index is 12.7. The Bertz CT molecular complexity index is 742. The quantitative estimate of drug-likeness (QED) is 0.827. The summed E-state index contributed by atoms with van der Waals surface area (Å²) in [7, 11) is 0. The molecule has 2 N–H and O–H groups in total. The predicted molar refractivity (Wildman–Crippen MR) is 92.4 cm³/mol. The van der Waals surface area contributed by atoms with Crippen molar-refractivity contribution < 1.29 is 14.3 Å². The molecule has 0 radical (unpaired) electrons. The van der Waals surface area contributed by atoms with Gasteiger partial charge in [-0.1, -0.05) is 36.4 Å². The van der Waals surface area contributed by atoms with Crippen molar-refractivity contribution in [2.45, 2.75) is 12.5 Å². The van der Waals surface area contributed by atoms with Gasteiger partial charge in [-0.2, -0.15) is 10.0 Å². The van der Waals surface area contributed by atoms with Crippen LogP contribution in [0.2, 0.25) is 0 Å². The zero-order valence-electron chi connectivity index (χ0n) is 13.2. The van der Waals surface area contributed by atoms with Crippen LogP contribution in [0.3, 0.4) is 0 Å². The SMILES string of the molecule is O=C(Nc1ccccc1)N1C2C=CC(O2)N1C(=O)Nc1ccccc1. The number of fused-ring (bicyclic) bond motifs is 2. The summed E-state index contributed by atoms with van der Waals surface area (Å²) in [5, 5.41) is 8.09. The average Bonchev–Trinajstić information content (AvgIpc) is 3.24. The zero-order chi connectivity index (χ0) is 17.2. The lowest BCUT2D eigenvalue weighted by molar-refractivity contribution is 0.0703. The molecule has 2 aromatic rings. The number of carbonyl (C=O) groups excluding carboxylic acids is 2. The maximum absolute atomic E-state index is 12.7. The van der Waals surface area contributed by atoms with Crippen LogP contribution in [0.5, 0.6) is 0 Å². The lowest BCUT2D eigenvalue weighted by Gasteiger charge is -2.32. The number of rotatable bonds is 2. The second kappa shape index (κ2) is 6.29. The molecule has 7 heteroatoms. The first kappa shape index (κ1) is 15.2. The summed E-state index contributed by atoms with van der Waals surface area (Å²) in [6.45, 7) is 0. The Morgan fingerprint density at radius 3 is 1.52 bits per heavy atom. The fourth-order valence-corrected chi connectivity index (χ4v) is 2.78. The molecule has 1 saturated heterocycles. The van der Waals surface area contributed by atoms with Crippen LogP contribution >= 0.6 is 0 Å². The summed E-state index contributed by atoms with van der Waals surface area (Å²) in [5.74, 6) is 0. The number of hydrogen-bond donors (Lipinski definition) is 2. The summed E-state index contributed by atoms with van der Waals surface area (Å²) >= 11 is 0. The highest BCUT2D eigenvalue weighted by molar-refractivity contribution is 5.95. The fourth-order valence-electron chi connectivity index (χ4n) is 2.78. The minimum atomic E-state index is -0.602. The molecule has 2 aromatic carbocycles. The number of amides is 4. The lowest BCUT2D eigenvalue weighted by Crippen LogP contribution is -2.54. The van der Waals surface area contributed by atoms with E-state index in [0.29, 0.717) is 11.4 Å². The van der Waals surface area contributed by atoms with Gasteiger partial charge in [-0.15, -0.1) is 0 Å². The van der Waals surface area contributed by atoms with Crippen molar-refractivity contribution in [2.75, 3.05) is 10.6 Å². The summed E-state index contributed by atoms with van der Waals surface area (Å²) in [5.41, 5.74) is 1.28. The van der Waals surface area contributed by atoms with Crippen molar-refractivity contribution in [3.8, 4) is 0 Å². The van der Waals surface area contributed by atoms with Gasteiger partial charge in [0.15, 0.2) is 12.5 Å². The van der Waals surface area contributed by atoms with E-state index in [-0.39, 0.29) is 0 Å². The fraction of sp³-hybridized carbons (Fsp3) is 0.111. The summed E-state index contributed by atoms with van der Waals surface area (Å²) in [6.07, 6.45) is 2.30. The first-order chi connectivity index (χ1) is 12.2. The third kappa shape index (κ3) is 2.92. The van der Waals surface area contributed by atoms with E-state index in [0.717, 1.165) is 0 Å². The van der Waals surface area contributed by atoms with E-state index in [9.17, 15) is 9.59 Å². The Labute approximate surface area is 144 Å². The van der Waals surface area contributed by atoms with E-state index < -0.39 is 24.5 Å². The van der Waals surface area contributed by atoms with Gasteiger partial charge in [0.05, 0.1) is 0 Å². The highest BCUT2D eigenvalue weighted by Crippen LogP contribution is 2.31. The zero-order valence-corrected chi connectivity index (χ0v) is 13.2. The first-order valence-corrected chi connectivity index (χ1v) is 7.86. The van der Waals surface area contributed by atoms with Gasteiger partial charge in [-0.25, -0.2) is 9.59 Å². The van der Waals surface area contributed by atoms with Crippen LogP contribution in [0, 0.1) is 0 Å². The number of hydrogen-bond acceptors (Lipinski definition) is 3. The molecule has 2 aliphatic rings. The van der Waals surface area contributed by atoms with E-state index in [2.05, 4.69) is 10.6 Å². The van der Waals surface area contributed by atoms with Gasteiger partial charge in [-0.05, 0) is 36.4 Å². The van der Waals surface area contributed by atoms with Crippen molar-refractivity contribution >= 4 is 23.4 Å². The molecule has 2 aliphatic heterocycles. The van der Waals surface area contributed by atoms with Gasteiger partial charge in [0.2, 0.25) is 0 Å². The Morgan fingerprint density at radius 1 is 0.720 bits per heavy atom. The van der Waals surface area contributed by atoms with E-state index in [1.807, 2.05) is 36.4 Å². The second-order valence-electron chi connectivity index (χ2n) is 5.58. The predicted octanol–water partition coefficient (Wildman–Crippen LogP) is 3.22. The number of carbonyl (C=O) groups is 2. The Balaban J connectivity index is 1.52. The van der Waals surface area contributed by atoms with E-state index >= 15 is 0 Å². The number of nitrogens with zero attached hydrogens (tertiary/aromatic N) is 2. The maximum Gasteiger partial charge on any atom is 0.343 e. The first-order valence-electron chi connectivity index (χ1n) is 7.86. The minimum Gasteiger partial charge on any atom is -0.324 e. The van der Waals surface area contributed by atoms with Gasteiger partial charge in [-0.3, -0.25) is 0 Å². The number of hydrazine groups is 1. The molecule has 2 bridgehead atoms. The number of urea groups is 2. The van der Waals surface area contributed by atoms with Crippen LogP contribution in [0.1, 0.15) is 0 Å². The summed E-state index contributed by atoms with van der Waals surface area (Å²) < 4.78 is 5.63. The van der Waals surface area contributed by atoms with Crippen LogP contribution in [0.25, 0.3) is 0 Å². The van der Waals surface area contributed by atoms with E-state index in [1.165, 1.54) is 10.0 Å². The van der Waals surface area contributed by atoms with E-state index in [1.54, 1.807) is 36.4 Å². The van der Waals surface area contributed by atoms with Crippen molar-refractivity contribution in [1.82, 2.24) is 10.0 Å². The van der Waals surface area contributed by atoms with Gasteiger partial charge < -0.3 is 15.4 Å². The number of nitrogens with one attached hydrogen (secondary N) is 2. The topological polar surface area (TPSA) is 73.9 Å². The van der Waals surface area contributed by atoms with Crippen molar-refractivity contribution in [1.29, 1.82) is 0 Å². The van der Waals surface area contributed by atoms with Gasteiger partial charge in [0.25, 0.3) is 0 Å². The van der Waals surface area contributed by atoms with Gasteiger partial charge in [0.1, 0.15) is 0 Å². The number of benzene rings is 2. The molecule has 2 atom stereocenters. The standard InChI is InChI=1S/C18H16N4O3/c23-17(19-13-7-3-1-4-8-13)21-15-11-12-16(25-15)22(21)18(24)20-14-9-5-2-6-10-14/h1-12,15-16H,(H,19,23)(H,20,24). The second-order valence-corrected chi connectivity index (χ2v) is 5.58. The van der Waals surface area contributed by atoms with Crippen LogP contribution in [0.15, 0.2) is 72.8 Å². The highest BCUT2D eigenvalue weighted by atomic mass is 16.6. The number of anilines is 2. The largest absolute Gasteiger partial charge is 0.343 e. The van der Waals surface area contributed by atoms with Crippen molar-refractivity contribution in [3.05, 3.63) is 72.8 Å². The minimum absolute atomic E-state index is 0.439. The lowest BCUT2D eigenvalue weighted by atomic mass is 10.3. The molecule has 4 rings (SSSR count). The van der Waals surface area contributed by atoms with Crippen molar-refractivity contribution in [3.63, 3.8) is 0 Å². The van der Waals surface area contributed by atoms with E-state index in [4.69, 9.17) is 4.74 Å². The number of para-hydroxylation sites is 2. The molecule has 2 heterocycles.